The number of hydrogen-bond donors (Lipinski definition) is 2. The maximum atomic E-state index is 13.2. The van der Waals surface area contributed by atoms with E-state index in [1.54, 1.807) is 30.3 Å². The second-order valence-electron chi connectivity index (χ2n) is 8.44. The first-order valence-corrected chi connectivity index (χ1v) is 10.1. The SMILES string of the molecule is CC(=O)Oc1ccc(C(C)(C)C)cc1C(=O)Nc1cc(-c2ccccc2)ccc1C(=O)O. The fraction of sp³-hybridized carbons (Fsp3) is 0.192. The third-order valence-corrected chi connectivity index (χ3v) is 4.95. The smallest absolute Gasteiger partial charge is 0.337 e. The van der Waals surface area contributed by atoms with E-state index >= 15 is 0 Å². The lowest BCUT2D eigenvalue weighted by molar-refractivity contribution is -0.131. The quantitative estimate of drug-likeness (QED) is 0.409. The van der Waals surface area contributed by atoms with Crippen molar-refractivity contribution in [2.75, 3.05) is 5.32 Å². The molecule has 0 heterocycles. The average molecular weight is 431 g/mol. The van der Waals surface area contributed by atoms with E-state index in [1.807, 2.05) is 51.1 Å². The summed E-state index contributed by atoms with van der Waals surface area (Å²) >= 11 is 0. The van der Waals surface area contributed by atoms with E-state index in [2.05, 4.69) is 5.32 Å². The molecule has 0 atom stereocenters. The number of esters is 1. The van der Waals surface area contributed by atoms with E-state index < -0.39 is 17.8 Å². The van der Waals surface area contributed by atoms with Crippen molar-refractivity contribution < 1.29 is 24.2 Å². The zero-order valence-electron chi connectivity index (χ0n) is 18.4. The van der Waals surface area contributed by atoms with Crippen LogP contribution in [0.2, 0.25) is 0 Å². The molecule has 0 bridgehead atoms. The normalized spacial score (nSPS) is 11.0. The molecule has 3 aromatic rings. The van der Waals surface area contributed by atoms with Gasteiger partial charge in [-0.2, -0.15) is 0 Å². The van der Waals surface area contributed by atoms with Crippen LogP contribution >= 0.6 is 0 Å². The summed E-state index contributed by atoms with van der Waals surface area (Å²) < 4.78 is 5.23. The molecule has 0 radical (unpaired) electrons. The predicted octanol–water partition coefficient (Wildman–Crippen LogP) is 5.53. The Bertz CT molecular complexity index is 1180. The first-order valence-electron chi connectivity index (χ1n) is 10.1. The van der Waals surface area contributed by atoms with E-state index in [-0.39, 0.29) is 28.0 Å². The summed E-state index contributed by atoms with van der Waals surface area (Å²) in [6.07, 6.45) is 0. The Morgan fingerprint density at radius 3 is 2.12 bits per heavy atom. The summed E-state index contributed by atoms with van der Waals surface area (Å²) in [5.41, 5.74) is 2.52. The van der Waals surface area contributed by atoms with Crippen LogP contribution in [-0.2, 0) is 10.2 Å². The van der Waals surface area contributed by atoms with Gasteiger partial charge in [-0.3, -0.25) is 9.59 Å². The Labute approximate surface area is 186 Å². The van der Waals surface area contributed by atoms with Crippen LogP contribution < -0.4 is 10.1 Å². The lowest BCUT2D eigenvalue weighted by atomic mass is 9.86. The van der Waals surface area contributed by atoms with Crippen LogP contribution in [0.15, 0.2) is 66.7 Å². The molecule has 3 rings (SSSR count). The molecule has 0 saturated carbocycles. The monoisotopic (exact) mass is 431 g/mol. The Morgan fingerprint density at radius 2 is 1.53 bits per heavy atom. The number of nitrogens with one attached hydrogen (secondary N) is 1. The molecule has 0 saturated heterocycles. The van der Waals surface area contributed by atoms with Gasteiger partial charge >= 0.3 is 11.9 Å². The van der Waals surface area contributed by atoms with Gasteiger partial charge in [-0.1, -0.05) is 63.2 Å². The number of aromatic carboxylic acids is 1. The molecule has 164 valence electrons. The Morgan fingerprint density at radius 1 is 0.844 bits per heavy atom. The minimum atomic E-state index is -1.16. The van der Waals surface area contributed by atoms with Gasteiger partial charge in [0.2, 0.25) is 0 Å². The van der Waals surface area contributed by atoms with Gasteiger partial charge in [0, 0.05) is 6.92 Å². The standard InChI is InChI=1S/C26H25NO5/c1-16(28)32-23-13-11-19(26(2,3)4)15-21(23)24(29)27-22-14-18(10-12-20(22)25(30)31)17-8-6-5-7-9-17/h5-15H,1-4H3,(H,27,29)(H,30,31). The van der Waals surface area contributed by atoms with E-state index in [0.717, 1.165) is 16.7 Å². The number of amides is 1. The van der Waals surface area contributed by atoms with Gasteiger partial charge in [0.15, 0.2) is 0 Å². The van der Waals surface area contributed by atoms with E-state index in [0.29, 0.717) is 0 Å². The first kappa shape index (κ1) is 22.7. The molecule has 6 heteroatoms. The van der Waals surface area contributed by atoms with Gasteiger partial charge in [-0.15, -0.1) is 0 Å². The molecule has 0 aliphatic rings. The number of ether oxygens (including phenoxy) is 1. The Balaban J connectivity index is 2.05. The summed E-state index contributed by atoms with van der Waals surface area (Å²) in [6, 6.07) is 19.2. The number of carboxylic acid groups (broad SMARTS) is 1. The lowest BCUT2D eigenvalue weighted by Crippen LogP contribution is -2.19. The molecule has 2 N–H and O–H groups in total. The highest BCUT2D eigenvalue weighted by molar-refractivity contribution is 6.10. The van der Waals surface area contributed by atoms with Crippen LogP contribution in [0.3, 0.4) is 0 Å². The van der Waals surface area contributed by atoms with Crippen molar-refractivity contribution >= 4 is 23.5 Å². The van der Waals surface area contributed by atoms with Gasteiger partial charge in [0.1, 0.15) is 5.75 Å². The van der Waals surface area contributed by atoms with Gasteiger partial charge in [-0.25, -0.2) is 4.79 Å². The largest absolute Gasteiger partial charge is 0.478 e. The minimum Gasteiger partial charge on any atom is -0.478 e. The molecular weight excluding hydrogens is 406 g/mol. The third-order valence-electron chi connectivity index (χ3n) is 4.95. The Kier molecular flexibility index (Phi) is 6.44. The van der Waals surface area contributed by atoms with Gasteiger partial charge in [-0.05, 0) is 46.4 Å². The summed E-state index contributed by atoms with van der Waals surface area (Å²) in [4.78, 5) is 36.5. The maximum Gasteiger partial charge on any atom is 0.337 e. The van der Waals surface area contributed by atoms with Crippen LogP contribution in [0.1, 0.15) is 54.0 Å². The number of hydrogen-bond acceptors (Lipinski definition) is 4. The molecule has 0 aliphatic heterocycles. The van der Waals surface area contributed by atoms with Crippen LogP contribution in [0, 0.1) is 0 Å². The number of carbonyl (C=O) groups excluding carboxylic acids is 2. The Hall–Kier alpha value is -3.93. The number of carboxylic acids is 1. The van der Waals surface area contributed by atoms with E-state index in [9.17, 15) is 19.5 Å². The van der Waals surface area contributed by atoms with Gasteiger partial charge in [0.25, 0.3) is 5.91 Å². The van der Waals surface area contributed by atoms with Crippen molar-refractivity contribution in [1.29, 1.82) is 0 Å². The molecule has 0 fully saturated rings. The number of rotatable bonds is 5. The average Bonchev–Trinajstić information content (AvgIpc) is 2.73. The maximum absolute atomic E-state index is 13.2. The van der Waals surface area contributed by atoms with Crippen LogP contribution in [0.25, 0.3) is 11.1 Å². The molecule has 32 heavy (non-hydrogen) atoms. The summed E-state index contributed by atoms with van der Waals surface area (Å²) in [5.74, 6) is -2.18. The molecule has 6 nitrogen and oxygen atoms in total. The van der Waals surface area contributed by atoms with E-state index in [1.165, 1.54) is 13.0 Å². The van der Waals surface area contributed by atoms with Crippen molar-refractivity contribution in [3.05, 3.63) is 83.4 Å². The fourth-order valence-electron chi connectivity index (χ4n) is 3.25. The molecule has 0 aromatic heterocycles. The molecule has 1 amide bonds. The summed E-state index contributed by atoms with van der Waals surface area (Å²) in [7, 11) is 0. The molecule has 0 spiro atoms. The number of anilines is 1. The summed E-state index contributed by atoms with van der Waals surface area (Å²) in [6.45, 7) is 7.26. The second-order valence-corrected chi connectivity index (χ2v) is 8.44. The van der Waals surface area contributed by atoms with Crippen molar-refractivity contribution in [2.24, 2.45) is 0 Å². The highest BCUT2D eigenvalue weighted by Gasteiger charge is 2.22. The van der Waals surface area contributed by atoms with Gasteiger partial charge < -0.3 is 15.2 Å². The van der Waals surface area contributed by atoms with Crippen molar-refractivity contribution in [1.82, 2.24) is 0 Å². The van der Waals surface area contributed by atoms with E-state index in [4.69, 9.17) is 4.74 Å². The highest BCUT2D eigenvalue weighted by atomic mass is 16.5. The minimum absolute atomic E-state index is 0.0426. The van der Waals surface area contributed by atoms with Crippen LogP contribution in [-0.4, -0.2) is 23.0 Å². The van der Waals surface area contributed by atoms with Crippen molar-refractivity contribution in [3.8, 4) is 16.9 Å². The summed E-state index contributed by atoms with van der Waals surface area (Å²) in [5, 5.41) is 12.3. The molecule has 0 aliphatic carbocycles. The predicted molar refractivity (Wildman–Crippen MR) is 123 cm³/mol. The first-order chi connectivity index (χ1) is 15.1. The third kappa shape index (κ3) is 5.21. The molecule has 0 unspecified atom stereocenters. The van der Waals surface area contributed by atoms with Crippen molar-refractivity contribution in [2.45, 2.75) is 33.1 Å². The van der Waals surface area contributed by atoms with Crippen LogP contribution in [0.5, 0.6) is 5.75 Å². The van der Waals surface area contributed by atoms with Crippen LogP contribution in [0.4, 0.5) is 5.69 Å². The number of carbonyl (C=O) groups is 3. The second kappa shape index (κ2) is 9.06. The topological polar surface area (TPSA) is 92.7 Å². The molecular formula is C26H25NO5. The highest BCUT2D eigenvalue weighted by Crippen LogP contribution is 2.30. The number of benzene rings is 3. The lowest BCUT2D eigenvalue weighted by Gasteiger charge is -2.21. The van der Waals surface area contributed by atoms with Crippen molar-refractivity contribution in [3.63, 3.8) is 0 Å². The zero-order valence-corrected chi connectivity index (χ0v) is 18.4. The van der Waals surface area contributed by atoms with Gasteiger partial charge in [0.05, 0.1) is 16.8 Å². The zero-order chi connectivity index (χ0) is 23.5. The fourth-order valence-corrected chi connectivity index (χ4v) is 3.25. The molecule has 3 aromatic carbocycles.